The predicted octanol–water partition coefficient (Wildman–Crippen LogP) is -0.0686. The fourth-order valence-corrected chi connectivity index (χ4v) is 1.63. The van der Waals surface area contributed by atoms with Crippen molar-refractivity contribution in [3.63, 3.8) is 0 Å². The number of amides is 1. The van der Waals surface area contributed by atoms with Crippen LogP contribution in [-0.4, -0.2) is 55.4 Å². The fourth-order valence-electron chi connectivity index (χ4n) is 1.28. The van der Waals surface area contributed by atoms with Gasteiger partial charge >= 0.3 is 0 Å². The SMILES string of the molecule is CN(Cc1cccnc1)C(=O)CN(C)S(C)(=O)=O. The van der Waals surface area contributed by atoms with Crippen molar-refractivity contribution in [1.82, 2.24) is 14.2 Å². The average Bonchev–Trinajstić information content (AvgIpc) is 2.28. The molecule has 0 saturated carbocycles. The summed E-state index contributed by atoms with van der Waals surface area (Å²) in [5.74, 6) is -0.258. The van der Waals surface area contributed by atoms with E-state index >= 15 is 0 Å². The molecule has 0 fully saturated rings. The molecule has 0 unspecified atom stereocenters. The maximum absolute atomic E-state index is 11.8. The van der Waals surface area contributed by atoms with E-state index in [-0.39, 0.29) is 12.5 Å². The molecule has 0 aliphatic carbocycles. The van der Waals surface area contributed by atoms with Crippen molar-refractivity contribution in [2.45, 2.75) is 6.54 Å². The molecule has 0 radical (unpaired) electrons. The average molecular weight is 271 g/mol. The number of rotatable bonds is 5. The molecule has 0 aliphatic heterocycles. The van der Waals surface area contributed by atoms with Crippen molar-refractivity contribution < 1.29 is 13.2 Å². The first-order chi connectivity index (χ1) is 8.30. The Kier molecular flexibility index (Phi) is 4.80. The van der Waals surface area contributed by atoms with Crippen LogP contribution in [-0.2, 0) is 21.4 Å². The summed E-state index contributed by atoms with van der Waals surface area (Å²) in [7, 11) is -0.320. The molecular formula is C11H17N3O3S. The molecule has 1 aromatic rings. The Balaban J connectivity index is 2.58. The van der Waals surface area contributed by atoms with Crippen LogP contribution in [0.4, 0.5) is 0 Å². The molecule has 0 spiro atoms. The molecule has 6 nitrogen and oxygen atoms in total. The van der Waals surface area contributed by atoms with Crippen molar-refractivity contribution in [2.75, 3.05) is 26.9 Å². The Morgan fingerprint density at radius 2 is 2.06 bits per heavy atom. The number of sulfonamides is 1. The third kappa shape index (κ3) is 4.42. The summed E-state index contributed by atoms with van der Waals surface area (Å²) in [5, 5.41) is 0. The summed E-state index contributed by atoms with van der Waals surface area (Å²) in [5.41, 5.74) is 0.898. The van der Waals surface area contributed by atoms with Crippen LogP contribution < -0.4 is 0 Å². The zero-order chi connectivity index (χ0) is 13.8. The van der Waals surface area contributed by atoms with Crippen LogP contribution in [0.2, 0.25) is 0 Å². The zero-order valence-corrected chi connectivity index (χ0v) is 11.5. The van der Waals surface area contributed by atoms with E-state index in [1.807, 2.05) is 6.07 Å². The van der Waals surface area contributed by atoms with Crippen LogP contribution in [0.3, 0.4) is 0 Å². The van der Waals surface area contributed by atoms with Crippen LogP contribution in [0.5, 0.6) is 0 Å². The Labute approximate surface area is 107 Å². The number of pyridine rings is 1. The van der Waals surface area contributed by atoms with Crippen molar-refractivity contribution in [3.8, 4) is 0 Å². The molecule has 1 rings (SSSR count). The van der Waals surface area contributed by atoms with Crippen molar-refractivity contribution >= 4 is 15.9 Å². The van der Waals surface area contributed by atoms with Gasteiger partial charge in [-0.15, -0.1) is 0 Å². The number of carbonyl (C=O) groups is 1. The van der Waals surface area contributed by atoms with Gasteiger partial charge in [0.2, 0.25) is 15.9 Å². The highest BCUT2D eigenvalue weighted by Crippen LogP contribution is 2.02. The predicted molar refractivity (Wildman–Crippen MR) is 68.2 cm³/mol. The summed E-state index contributed by atoms with van der Waals surface area (Å²) >= 11 is 0. The quantitative estimate of drug-likeness (QED) is 0.751. The summed E-state index contributed by atoms with van der Waals surface area (Å²) in [6, 6.07) is 3.65. The molecule has 1 heterocycles. The lowest BCUT2D eigenvalue weighted by Gasteiger charge is -2.20. The summed E-state index contributed by atoms with van der Waals surface area (Å²) < 4.78 is 23.4. The molecule has 1 amide bonds. The van der Waals surface area contributed by atoms with Gasteiger partial charge in [-0.2, -0.15) is 4.31 Å². The van der Waals surface area contributed by atoms with Gasteiger partial charge < -0.3 is 4.90 Å². The molecule has 0 aromatic carbocycles. The summed E-state index contributed by atoms with van der Waals surface area (Å²) in [4.78, 5) is 17.2. The zero-order valence-electron chi connectivity index (χ0n) is 10.7. The number of likely N-dealkylation sites (N-methyl/N-ethyl adjacent to an activating group) is 2. The highest BCUT2D eigenvalue weighted by molar-refractivity contribution is 7.88. The van der Waals surface area contributed by atoms with Crippen LogP contribution in [0.25, 0.3) is 0 Å². The van der Waals surface area contributed by atoms with Gasteiger partial charge in [0.25, 0.3) is 0 Å². The van der Waals surface area contributed by atoms with E-state index in [0.717, 1.165) is 16.1 Å². The van der Waals surface area contributed by atoms with Crippen molar-refractivity contribution in [2.24, 2.45) is 0 Å². The third-order valence-corrected chi connectivity index (χ3v) is 3.75. The molecule has 7 heteroatoms. The first-order valence-corrected chi connectivity index (χ1v) is 7.19. The fraction of sp³-hybridized carbons (Fsp3) is 0.455. The van der Waals surface area contributed by atoms with E-state index < -0.39 is 10.0 Å². The van der Waals surface area contributed by atoms with Crippen LogP contribution in [0.1, 0.15) is 5.56 Å². The largest absolute Gasteiger partial charge is 0.340 e. The lowest BCUT2D eigenvalue weighted by molar-refractivity contribution is -0.130. The van der Waals surface area contributed by atoms with E-state index in [9.17, 15) is 13.2 Å². The number of hydrogen-bond donors (Lipinski definition) is 0. The van der Waals surface area contributed by atoms with Gasteiger partial charge in [0, 0.05) is 33.0 Å². The first-order valence-electron chi connectivity index (χ1n) is 5.35. The minimum atomic E-state index is -3.33. The summed E-state index contributed by atoms with van der Waals surface area (Å²) in [6.07, 6.45) is 4.40. The van der Waals surface area contributed by atoms with E-state index in [1.54, 1.807) is 25.5 Å². The van der Waals surface area contributed by atoms with Gasteiger partial charge in [-0.3, -0.25) is 9.78 Å². The maximum Gasteiger partial charge on any atom is 0.237 e. The van der Waals surface area contributed by atoms with E-state index in [1.165, 1.54) is 11.9 Å². The van der Waals surface area contributed by atoms with Crippen LogP contribution >= 0.6 is 0 Å². The van der Waals surface area contributed by atoms with Gasteiger partial charge in [0.1, 0.15) is 0 Å². The minimum Gasteiger partial charge on any atom is -0.340 e. The van der Waals surface area contributed by atoms with Crippen molar-refractivity contribution in [3.05, 3.63) is 30.1 Å². The number of hydrogen-bond acceptors (Lipinski definition) is 4. The smallest absolute Gasteiger partial charge is 0.237 e. The molecule has 0 atom stereocenters. The molecule has 0 saturated heterocycles. The maximum atomic E-state index is 11.8. The Hall–Kier alpha value is -1.47. The first kappa shape index (κ1) is 14.6. The standard InChI is InChI=1S/C11H17N3O3S/c1-13(8-10-5-4-6-12-7-10)11(15)9-14(2)18(3,16)17/h4-7H,8-9H2,1-3H3. The Morgan fingerprint density at radius 1 is 1.39 bits per heavy atom. The van der Waals surface area contributed by atoms with Crippen LogP contribution in [0.15, 0.2) is 24.5 Å². The van der Waals surface area contributed by atoms with E-state index in [0.29, 0.717) is 6.54 Å². The Bertz CT molecular complexity index is 502. The number of aromatic nitrogens is 1. The third-order valence-electron chi connectivity index (χ3n) is 2.49. The van der Waals surface area contributed by atoms with Crippen LogP contribution in [0, 0.1) is 0 Å². The molecule has 0 aliphatic rings. The van der Waals surface area contributed by atoms with Gasteiger partial charge in [-0.05, 0) is 11.6 Å². The number of carbonyl (C=O) groups excluding carboxylic acids is 1. The second-order valence-electron chi connectivity index (χ2n) is 4.13. The second kappa shape index (κ2) is 5.92. The van der Waals surface area contributed by atoms with Gasteiger partial charge in [0.05, 0.1) is 12.8 Å². The van der Waals surface area contributed by atoms with E-state index in [4.69, 9.17) is 0 Å². The summed E-state index contributed by atoms with van der Waals surface area (Å²) in [6.45, 7) is 0.250. The highest BCUT2D eigenvalue weighted by Gasteiger charge is 2.17. The van der Waals surface area contributed by atoms with Gasteiger partial charge in [-0.25, -0.2) is 8.42 Å². The lowest BCUT2D eigenvalue weighted by Crippen LogP contribution is -2.38. The molecule has 100 valence electrons. The Morgan fingerprint density at radius 3 is 2.56 bits per heavy atom. The van der Waals surface area contributed by atoms with Gasteiger partial charge in [0.15, 0.2) is 0 Å². The minimum absolute atomic E-state index is 0.157. The van der Waals surface area contributed by atoms with E-state index in [2.05, 4.69) is 4.98 Å². The highest BCUT2D eigenvalue weighted by atomic mass is 32.2. The lowest BCUT2D eigenvalue weighted by atomic mass is 10.3. The molecule has 0 N–H and O–H groups in total. The second-order valence-corrected chi connectivity index (χ2v) is 6.22. The molecule has 0 bridgehead atoms. The molecular weight excluding hydrogens is 254 g/mol. The monoisotopic (exact) mass is 271 g/mol. The topological polar surface area (TPSA) is 70.6 Å². The van der Waals surface area contributed by atoms with Crippen molar-refractivity contribution in [1.29, 1.82) is 0 Å². The number of nitrogens with zero attached hydrogens (tertiary/aromatic N) is 3. The molecule has 1 aromatic heterocycles. The van der Waals surface area contributed by atoms with Gasteiger partial charge in [-0.1, -0.05) is 6.07 Å². The molecule has 18 heavy (non-hydrogen) atoms. The normalized spacial score (nSPS) is 11.6.